The van der Waals surface area contributed by atoms with E-state index in [2.05, 4.69) is 10.2 Å². The standard InChI is InChI=1S/C14H20N4O2S2/c1-17(9-12-5-3-8-21-12)13(19)10-22-14-16-15-11-18(14)6-4-7-20-2/h3,5,8,11H,4,6-7,9-10H2,1-2H3. The van der Waals surface area contributed by atoms with Gasteiger partial charge in [0.05, 0.1) is 12.3 Å². The van der Waals surface area contributed by atoms with E-state index in [1.54, 1.807) is 29.7 Å². The summed E-state index contributed by atoms with van der Waals surface area (Å²) in [5, 5.41) is 10.8. The van der Waals surface area contributed by atoms with Gasteiger partial charge in [0.25, 0.3) is 0 Å². The molecule has 22 heavy (non-hydrogen) atoms. The van der Waals surface area contributed by atoms with Crippen molar-refractivity contribution in [1.82, 2.24) is 19.7 Å². The van der Waals surface area contributed by atoms with Gasteiger partial charge >= 0.3 is 0 Å². The summed E-state index contributed by atoms with van der Waals surface area (Å²) in [6.45, 7) is 2.14. The molecule has 2 aromatic rings. The van der Waals surface area contributed by atoms with Crippen molar-refractivity contribution in [2.45, 2.75) is 24.7 Å². The first-order valence-corrected chi connectivity index (χ1v) is 8.83. The number of nitrogens with zero attached hydrogens (tertiary/aromatic N) is 4. The number of aromatic nitrogens is 3. The fraction of sp³-hybridized carbons (Fsp3) is 0.500. The number of amides is 1. The lowest BCUT2D eigenvalue weighted by atomic mass is 10.4. The molecule has 0 N–H and O–H groups in total. The summed E-state index contributed by atoms with van der Waals surface area (Å²) in [5.74, 6) is 0.454. The van der Waals surface area contributed by atoms with Crippen molar-refractivity contribution < 1.29 is 9.53 Å². The lowest BCUT2D eigenvalue weighted by Gasteiger charge is -2.15. The molecule has 8 heteroatoms. The van der Waals surface area contributed by atoms with E-state index in [9.17, 15) is 4.79 Å². The Morgan fingerprint density at radius 2 is 2.41 bits per heavy atom. The van der Waals surface area contributed by atoms with Gasteiger partial charge < -0.3 is 14.2 Å². The van der Waals surface area contributed by atoms with Crippen LogP contribution in [0.3, 0.4) is 0 Å². The van der Waals surface area contributed by atoms with Crippen molar-refractivity contribution in [3.05, 3.63) is 28.7 Å². The number of carbonyl (C=O) groups excluding carboxylic acids is 1. The lowest BCUT2D eigenvalue weighted by molar-refractivity contribution is -0.127. The van der Waals surface area contributed by atoms with Crippen LogP contribution >= 0.6 is 23.1 Å². The van der Waals surface area contributed by atoms with Gasteiger partial charge in [-0.15, -0.1) is 21.5 Å². The molecule has 0 saturated heterocycles. The Bertz CT molecular complexity index is 571. The molecule has 0 radical (unpaired) electrons. The first-order chi connectivity index (χ1) is 10.7. The van der Waals surface area contributed by atoms with Gasteiger partial charge in [-0.3, -0.25) is 4.79 Å². The number of thiophene rings is 1. The number of hydrogen-bond donors (Lipinski definition) is 0. The van der Waals surface area contributed by atoms with Crippen LogP contribution in [0, 0.1) is 0 Å². The van der Waals surface area contributed by atoms with E-state index in [0.717, 1.165) is 18.1 Å². The predicted molar refractivity (Wildman–Crippen MR) is 88.0 cm³/mol. The normalized spacial score (nSPS) is 10.8. The summed E-state index contributed by atoms with van der Waals surface area (Å²) in [7, 11) is 3.51. The predicted octanol–water partition coefficient (Wildman–Crippen LogP) is 2.13. The highest BCUT2D eigenvalue weighted by Gasteiger charge is 2.13. The Morgan fingerprint density at radius 1 is 1.55 bits per heavy atom. The number of rotatable bonds is 9. The second-order valence-electron chi connectivity index (χ2n) is 4.77. The van der Waals surface area contributed by atoms with Crippen molar-refractivity contribution >= 4 is 29.0 Å². The summed E-state index contributed by atoms with van der Waals surface area (Å²) in [6.07, 6.45) is 2.59. The van der Waals surface area contributed by atoms with Crippen LogP contribution in [0.15, 0.2) is 29.0 Å². The highest BCUT2D eigenvalue weighted by Crippen LogP contribution is 2.17. The maximum atomic E-state index is 12.2. The fourth-order valence-corrected chi connectivity index (χ4v) is 3.49. The lowest BCUT2D eigenvalue weighted by Crippen LogP contribution is -2.27. The van der Waals surface area contributed by atoms with Gasteiger partial charge in [-0.05, 0) is 17.9 Å². The van der Waals surface area contributed by atoms with Crippen molar-refractivity contribution in [2.75, 3.05) is 26.5 Å². The van der Waals surface area contributed by atoms with Crippen LogP contribution < -0.4 is 0 Å². The van der Waals surface area contributed by atoms with Gasteiger partial charge in [0.1, 0.15) is 6.33 Å². The highest BCUT2D eigenvalue weighted by molar-refractivity contribution is 7.99. The van der Waals surface area contributed by atoms with Gasteiger partial charge in [-0.2, -0.15) is 0 Å². The summed E-state index contributed by atoms with van der Waals surface area (Å²) in [5.41, 5.74) is 0. The minimum absolute atomic E-state index is 0.0878. The van der Waals surface area contributed by atoms with Crippen molar-refractivity contribution in [2.24, 2.45) is 0 Å². The van der Waals surface area contributed by atoms with Gasteiger partial charge in [0.2, 0.25) is 5.91 Å². The number of aryl methyl sites for hydroxylation is 1. The minimum Gasteiger partial charge on any atom is -0.385 e. The fourth-order valence-electron chi connectivity index (χ4n) is 1.85. The van der Waals surface area contributed by atoms with Crippen molar-refractivity contribution in [1.29, 1.82) is 0 Å². The Hall–Kier alpha value is -1.38. The van der Waals surface area contributed by atoms with Gasteiger partial charge in [-0.25, -0.2) is 0 Å². The molecule has 2 rings (SSSR count). The van der Waals surface area contributed by atoms with Crippen LogP contribution in [0.25, 0.3) is 0 Å². The molecule has 2 aromatic heterocycles. The number of carbonyl (C=O) groups is 1. The Kier molecular flexibility index (Phi) is 6.88. The molecule has 0 unspecified atom stereocenters. The summed E-state index contributed by atoms with van der Waals surface area (Å²) >= 11 is 3.08. The Labute approximate surface area is 138 Å². The van der Waals surface area contributed by atoms with E-state index in [0.29, 0.717) is 18.9 Å². The van der Waals surface area contributed by atoms with Crippen LogP contribution in [-0.4, -0.2) is 52.1 Å². The van der Waals surface area contributed by atoms with Crippen LogP contribution in [-0.2, 0) is 22.6 Å². The van der Waals surface area contributed by atoms with Crippen LogP contribution in [0.5, 0.6) is 0 Å². The number of ether oxygens (including phenoxy) is 1. The minimum atomic E-state index is 0.0878. The first kappa shape index (κ1) is 17.0. The van der Waals surface area contributed by atoms with Gasteiger partial charge in [-0.1, -0.05) is 17.8 Å². The van der Waals surface area contributed by atoms with E-state index in [1.165, 1.54) is 16.6 Å². The third-order valence-corrected chi connectivity index (χ3v) is 4.88. The molecule has 0 saturated carbocycles. The molecule has 2 heterocycles. The molecule has 0 aliphatic carbocycles. The molecule has 0 aliphatic rings. The summed E-state index contributed by atoms with van der Waals surface area (Å²) in [6, 6.07) is 4.03. The molecule has 0 fully saturated rings. The van der Waals surface area contributed by atoms with Gasteiger partial charge in [0, 0.05) is 32.2 Å². The topological polar surface area (TPSA) is 60.2 Å². The second kappa shape index (κ2) is 8.92. The molecule has 1 amide bonds. The Balaban J connectivity index is 1.79. The Morgan fingerprint density at radius 3 is 3.14 bits per heavy atom. The molecule has 6 nitrogen and oxygen atoms in total. The first-order valence-electron chi connectivity index (χ1n) is 6.96. The largest absolute Gasteiger partial charge is 0.385 e. The zero-order valence-electron chi connectivity index (χ0n) is 12.8. The number of methoxy groups -OCH3 is 1. The number of hydrogen-bond acceptors (Lipinski definition) is 6. The monoisotopic (exact) mass is 340 g/mol. The van der Waals surface area contributed by atoms with Gasteiger partial charge in [0.15, 0.2) is 5.16 Å². The van der Waals surface area contributed by atoms with E-state index in [4.69, 9.17) is 4.74 Å². The van der Waals surface area contributed by atoms with Crippen molar-refractivity contribution in [3.63, 3.8) is 0 Å². The third-order valence-electron chi connectivity index (χ3n) is 3.05. The van der Waals surface area contributed by atoms with Crippen LogP contribution in [0.4, 0.5) is 0 Å². The molecule has 0 spiro atoms. The van der Waals surface area contributed by atoms with E-state index in [1.807, 2.05) is 29.1 Å². The SMILES string of the molecule is COCCCn1cnnc1SCC(=O)N(C)Cc1cccs1. The van der Waals surface area contributed by atoms with E-state index >= 15 is 0 Å². The maximum Gasteiger partial charge on any atom is 0.233 e. The molecule has 0 aromatic carbocycles. The highest BCUT2D eigenvalue weighted by atomic mass is 32.2. The average Bonchev–Trinajstić information content (AvgIpc) is 3.16. The average molecular weight is 340 g/mol. The third kappa shape index (κ3) is 5.11. The quantitative estimate of drug-likeness (QED) is 0.517. The summed E-state index contributed by atoms with van der Waals surface area (Å²) < 4.78 is 6.99. The van der Waals surface area contributed by atoms with Crippen LogP contribution in [0.2, 0.25) is 0 Å². The zero-order chi connectivity index (χ0) is 15.8. The summed E-state index contributed by atoms with van der Waals surface area (Å²) in [4.78, 5) is 15.1. The van der Waals surface area contributed by atoms with E-state index in [-0.39, 0.29) is 5.91 Å². The van der Waals surface area contributed by atoms with E-state index < -0.39 is 0 Å². The molecular formula is C14H20N4O2S2. The molecule has 0 aliphatic heterocycles. The molecule has 120 valence electrons. The molecular weight excluding hydrogens is 320 g/mol. The zero-order valence-corrected chi connectivity index (χ0v) is 14.4. The second-order valence-corrected chi connectivity index (χ2v) is 6.75. The molecule has 0 bridgehead atoms. The molecule has 0 atom stereocenters. The smallest absolute Gasteiger partial charge is 0.233 e. The van der Waals surface area contributed by atoms with Crippen LogP contribution in [0.1, 0.15) is 11.3 Å². The van der Waals surface area contributed by atoms with Crippen molar-refractivity contribution in [3.8, 4) is 0 Å². The number of thioether (sulfide) groups is 1. The maximum absolute atomic E-state index is 12.2.